The Bertz CT molecular complexity index is 653. The van der Waals surface area contributed by atoms with Crippen molar-refractivity contribution in [2.75, 3.05) is 0 Å². The largest absolute Gasteiger partial charge is 0.478 e. The summed E-state index contributed by atoms with van der Waals surface area (Å²) in [4.78, 5) is 25.9. The van der Waals surface area contributed by atoms with Crippen molar-refractivity contribution in [3.8, 4) is 0 Å². The number of hydrogen-bond acceptors (Lipinski definition) is 2. The topological polar surface area (TPSA) is 70.2 Å². The molecule has 1 aromatic heterocycles. The fraction of sp³-hybridized carbons (Fsp3) is 0.286. The van der Waals surface area contributed by atoms with Crippen LogP contribution in [0.15, 0.2) is 12.1 Å². The van der Waals surface area contributed by atoms with Crippen molar-refractivity contribution < 1.29 is 14.7 Å². The molecule has 18 heavy (non-hydrogen) atoms. The number of rotatable bonds is 3. The highest BCUT2D eigenvalue weighted by atomic mass is 16.4. The lowest BCUT2D eigenvalue weighted by Gasteiger charge is -2.03. The highest BCUT2D eigenvalue weighted by molar-refractivity contribution is 6.10. The molecule has 0 unspecified atom stereocenters. The number of aromatic nitrogens is 1. The lowest BCUT2D eigenvalue weighted by molar-refractivity contribution is 0.0696. The molecule has 0 aliphatic heterocycles. The van der Waals surface area contributed by atoms with E-state index in [0.29, 0.717) is 10.9 Å². The van der Waals surface area contributed by atoms with Gasteiger partial charge in [-0.05, 0) is 38.0 Å². The van der Waals surface area contributed by atoms with E-state index < -0.39 is 5.97 Å². The van der Waals surface area contributed by atoms with Gasteiger partial charge in [-0.15, -0.1) is 0 Å². The van der Waals surface area contributed by atoms with Crippen molar-refractivity contribution in [3.05, 3.63) is 34.5 Å². The molecule has 0 aliphatic carbocycles. The van der Waals surface area contributed by atoms with Crippen molar-refractivity contribution in [1.82, 2.24) is 4.98 Å². The second-order valence-electron chi connectivity index (χ2n) is 4.40. The van der Waals surface area contributed by atoms with E-state index in [1.807, 2.05) is 13.8 Å². The minimum atomic E-state index is -0.972. The Morgan fingerprint density at radius 3 is 2.50 bits per heavy atom. The Balaban J connectivity index is 2.89. The number of H-pyrrole nitrogens is 1. The van der Waals surface area contributed by atoms with Crippen LogP contribution in [0.1, 0.15) is 45.8 Å². The summed E-state index contributed by atoms with van der Waals surface area (Å²) < 4.78 is 0. The summed E-state index contributed by atoms with van der Waals surface area (Å²) in [7, 11) is 0. The van der Waals surface area contributed by atoms with Crippen LogP contribution >= 0.6 is 0 Å². The average molecular weight is 245 g/mol. The molecule has 2 N–H and O–H groups in total. The van der Waals surface area contributed by atoms with Gasteiger partial charge in [0.25, 0.3) is 0 Å². The maximum absolute atomic E-state index is 11.7. The third kappa shape index (κ3) is 1.79. The van der Waals surface area contributed by atoms with Gasteiger partial charge in [0.15, 0.2) is 5.78 Å². The van der Waals surface area contributed by atoms with Crippen LogP contribution in [0, 0.1) is 6.92 Å². The van der Waals surface area contributed by atoms with Gasteiger partial charge in [0.1, 0.15) is 0 Å². The van der Waals surface area contributed by atoms with Crippen LogP contribution in [-0.4, -0.2) is 21.8 Å². The zero-order valence-corrected chi connectivity index (χ0v) is 10.6. The number of aromatic carboxylic acids is 1. The van der Waals surface area contributed by atoms with Gasteiger partial charge < -0.3 is 10.1 Å². The zero-order chi connectivity index (χ0) is 13.4. The summed E-state index contributed by atoms with van der Waals surface area (Å²) in [6, 6.07) is 3.22. The average Bonchev–Trinajstić information content (AvgIpc) is 2.63. The number of benzene rings is 1. The monoisotopic (exact) mass is 245 g/mol. The van der Waals surface area contributed by atoms with Crippen LogP contribution in [0.3, 0.4) is 0 Å². The number of ketones is 1. The molecule has 94 valence electrons. The third-order valence-electron chi connectivity index (χ3n) is 3.16. The van der Waals surface area contributed by atoms with Crippen molar-refractivity contribution in [2.24, 2.45) is 0 Å². The zero-order valence-electron chi connectivity index (χ0n) is 10.6. The molecular weight excluding hydrogens is 230 g/mol. The molecule has 0 aliphatic rings. The van der Waals surface area contributed by atoms with E-state index in [1.165, 1.54) is 6.92 Å². The first-order chi connectivity index (χ1) is 8.45. The molecule has 1 aromatic carbocycles. The number of carbonyl (C=O) groups is 2. The Kier molecular flexibility index (Phi) is 2.95. The number of aryl methyl sites for hydroxylation is 2. The normalized spacial score (nSPS) is 10.8. The predicted octanol–water partition coefficient (Wildman–Crippen LogP) is 2.94. The predicted molar refractivity (Wildman–Crippen MR) is 69.4 cm³/mol. The Labute approximate surface area is 105 Å². The first-order valence-corrected chi connectivity index (χ1v) is 5.85. The molecule has 4 heteroatoms. The van der Waals surface area contributed by atoms with Crippen LogP contribution in [0.2, 0.25) is 0 Å². The lowest BCUT2D eigenvalue weighted by Crippen LogP contribution is -1.99. The Morgan fingerprint density at radius 2 is 2.00 bits per heavy atom. The molecule has 0 amide bonds. The smallest absolute Gasteiger partial charge is 0.335 e. The van der Waals surface area contributed by atoms with Crippen LogP contribution in [0.5, 0.6) is 0 Å². The molecule has 0 bridgehead atoms. The van der Waals surface area contributed by atoms with Gasteiger partial charge >= 0.3 is 5.97 Å². The van der Waals surface area contributed by atoms with Gasteiger partial charge in [0.2, 0.25) is 0 Å². The molecule has 2 rings (SSSR count). The molecule has 1 heterocycles. The molecule has 0 atom stereocenters. The minimum absolute atomic E-state index is 0.0525. The van der Waals surface area contributed by atoms with E-state index in [-0.39, 0.29) is 11.3 Å². The summed E-state index contributed by atoms with van der Waals surface area (Å²) in [5.74, 6) is -1.02. The quantitative estimate of drug-likeness (QED) is 0.817. The molecule has 0 fully saturated rings. The number of fused-ring (bicyclic) bond motifs is 1. The number of hydrogen-bond donors (Lipinski definition) is 2. The summed E-state index contributed by atoms with van der Waals surface area (Å²) in [5.41, 5.74) is 3.38. The van der Waals surface area contributed by atoms with Gasteiger partial charge in [-0.1, -0.05) is 6.92 Å². The summed E-state index contributed by atoms with van der Waals surface area (Å²) >= 11 is 0. The Morgan fingerprint density at radius 1 is 1.33 bits per heavy atom. The van der Waals surface area contributed by atoms with Crippen molar-refractivity contribution in [3.63, 3.8) is 0 Å². The molecule has 4 nitrogen and oxygen atoms in total. The van der Waals surface area contributed by atoms with E-state index in [2.05, 4.69) is 4.98 Å². The number of Topliss-reactive ketones (excluding diaryl/α,β-unsaturated/α-hetero) is 1. The van der Waals surface area contributed by atoms with E-state index in [0.717, 1.165) is 23.2 Å². The van der Waals surface area contributed by atoms with Gasteiger partial charge in [-0.2, -0.15) is 0 Å². The number of carboxylic acid groups (broad SMARTS) is 1. The third-order valence-corrected chi connectivity index (χ3v) is 3.16. The fourth-order valence-electron chi connectivity index (χ4n) is 2.35. The van der Waals surface area contributed by atoms with Gasteiger partial charge in [0, 0.05) is 22.2 Å². The van der Waals surface area contributed by atoms with Gasteiger partial charge in [0.05, 0.1) is 5.56 Å². The van der Waals surface area contributed by atoms with Crippen molar-refractivity contribution in [1.29, 1.82) is 0 Å². The first kappa shape index (κ1) is 12.4. The van der Waals surface area contributed by atoms with Gasteiger partial charge in [-0.25, -0.2) is 4.79 Å². The highest BCUT2D eigenvalue weighted by Gasteiger charge is 2.17. The Hall–Kier alpha value is -2.10. The van der Waals surface area contributed by atoms with Crippen LogP contribution in [0.4, 0.5) is 0 Å². The summed E-state index contributed by atoms with van der Waals surface area (Å²) in [5, 5.41) is 9.81. The van der Waals surface area contributed by atoms with E-state index in [1.54, 1.807) is 12.1 Å². The van der Waals surface area contributed by atoms with E-state index in [4.69, 9.17) is 5.11 Å². The SMILES string of the molecule is CCc1cc(C(=O)O)cc2c(C(C)=O)c(C)[nH]c12. The second kappa shape index (κ2) is 4.29. The molecule has 0 saturated heterocycles. The summed E-state index contributed by atoms with van der Waals surface area (Å²) in [6.07, 6.45) is 0.717. The maximum atomic E-state index is 11.7. The maximum Gasteiger partial charge on any atom is 0.335 e. The first-order valence-electron chi connectivity index (χ1n) is 5.85. The molecule has 0 saturated carbocycles. The van der Waals surface area contributed by atoms with Crippen LogP contribution in [0.25, 0.3) is 10.9 Å². The van der Waals surface area contributed by atoms with Crippen molar-refractivity contribution >= 4 is 22.7 Å². The summed E-state index contributed by atoms with van der Waals surface area (Å²) in [6.45, 7) is 5.29. The van der Waals surface area contributed by atoms with Crippen LogP contribution in [-0.2, 0) is 6.42 Å². The number of nitrogens with one attached hydrogen (secondary N) is 1. The molecule has 0 spiro atoms. The lowest BCUT2D eigenvalue weighted by atomic mass is 10.0. The van der Waals surface area contributed by atoms with Crippen molar-refractivity contribution in [2.45, 2.75) is 27.2 Å². The van der Waals surface area contributed by atoms with E-state index in [9.17, 15) is 9.59 Å². The minimum Gasteiger partial charge on any atom is -0.478 e. The number of carboxylic acids is 1. The fourth-order valence-corrected chi connectivity index (χ4v) is 2.35. The van der Waals surface area contributed by atoms with E-state index >= 15 is 0 Å². The highest BCUT2D eigenvalue weighted by Crippen LogP contribution is 2.27. The van der Waals surface area contributed by atoms with Crippen LogP contribution < -0.4 is 0 Å². The number of carbonyl (C=O) groups excluding carboxylic acids is 1. The number of aromatic amines is 1. The molecular formula is C14H15NO3. The molecule has 0 radical (unpaired) electrons. The van der Waals surface area contributed by atoms with Gasteiger partial charge in [-0.3, -0.25) is 4.79 Å². The molecule has 2 aromatic rings. The second-order valence-corrected chi connectivity index (χ2v) is 4.40. The standard InChI is InChI=1S/C14H15NO3/c1-4-9-5-10(14(17)18)6-11-12(8(3)16)7(2)15-13(9)11/h5-6,15H,4H2,1-3H3,(H,17,18).